The Kier molecular flexibility index (Phi) is 4.99. The van der Waals surface area contributed by atoms with Crippen molar-refractivity contribution in [3.8, 4) is 5.75 Å². The Hall–Kier alpha value is -2.28. The molecule has 0 aliphatic rings. The van der Waals surface area contributed by atoms with Gasteiger partial charge in [0.25, 0.3) is 0 Å². The quantitative estimate of drug-likeness (QED) is 0.829. The van der Waals surface area contributed by atoms with Crippen LogP contribution in [0.4, 0.5) is 5.13 Å². The first kappa shape index (κ1) is 15.1. The molecular formula is C14H15N3O3S. The van der Waals surface area contributed by atoms with E-state index in [2.05, 4.69) is 15.5 Å². The Bertz CT molecular complexity index is 641. The lowest BCUT2D eigenvalue weighted by Crippen LogP contribution is -2.13. The first-order valence-corrected chi connectivity index (χ1v) is 7.22. The molecule has 0 fully saturated rings. The molecule has 2 rings (SSSR count). The molecule has 0 radical (unpaired) electrons. The van der Waals surface area contributed by atoms with Crippen molar-refractivity contribution in [1.29, 1.82) is 0 Å². The molecular weight excluding hydrogens is 290 g/mol. The molecule has 2 aromatic rings. The van der Waals surface area contributed by atoms with Crippen LogP contribution in [0.3, 0.4) is 0 Å². The van der Waals surface area contributed by atoms with Crippen LogP contribution in [-0.4, -0.2) is 29.0 Å². The monoisotopic (exact) mass is 305 g/mol. The SMILES string of the molecule is COc1ccc(C)cc1C(=O)CCC(=O)Nc1nncs1. The van der Waals surface area contributed by atoms with Gasteiger partial charge < -0.3 is 10.1 Å². The lowest BCUT2D eigenvalue weighted by molar-refractivity contribution is -0.116. The van der Waals surface area contributed by atoms with Crippen LogP contribution in [0.2, 0.25) is 0 Å². The minimum absolute atomic E-state index is 0.0928. The topological polar surface area (TPSA) is 81.2 Å². The summed E-state index contributed by atoms with van der Waals surface area (Å²) in [5.41, 5.74) is 3.00. The molecule has 1 heterocycles. The molecule has 0 atom stereocenters. The third-order valence-corrected chi connectivity index (χ3v) is 3.45. The van der Waals surface area contributed by atoms with Crippen molar-refractivity contribution in [2.24, 2.45) is 0 Å². The number of carbonyl (C=O) groups excluding carboxylic acids is 2. The summed E-state index contributed by atoms with van der Waals surface area (Å²) in [4.78, 5) is 23.9. The van der Waals surface area contributed by atoms with E-state index in [0.29, 0.717) is 16.4 Å². The highest BCUT2D eigenvalue weighted by Crippen LogP contribution is 2.21. The highest BCUT2D eigenvalue weighted by atomic mass is 32.1. The van der Waals surface area contributed by atoms with Crippen molar-refractivity contribution in [1.82, 2.24) is 10.2 Å². The predicted octanol–water partition coefficient (Wildman–Crippen LogP) is 2.46. The van der Waals surface area contributed by atoms with Gasteiger partial charge in [0.15, 0.2) is 5.78 Å². The minimum atomic E-state index is -0.258. The zero-order valence-corrected chi connectivity index (χ0v) is 12.6. The van der Waals surface area contributed by atoms with Gasteiger partial charge in [0.1, 0.15) is 11.3 Å². The fraction of sp³-hybridized carbons (Fsp3) is 0.286. The van der Waals surface area contributed by atoms with E-state index in [1.54, 1.807) is 12.1 Å². The number of nitrogens with one attached hydrogen (secondary N) is 1. The molecule has 0 saturated heterocycles. The number of rotatable bonds is 6. The van der Waals surface area contributed by atoms with Crippen molar-refractivity contribution in [2.45, 2.75) is 19.8 Å². The number of ketones is 1. The van der Waals surface area contributed by atoms with Crippen molar-refractivity contribution < 1.29 is 14.3 Å². The maximum Gasteiger partial charge on any atom is 0.226 e. The van der Waals surface area contributed by atoms with Crippen LogP contribution in [0.5, 0.6) is 5.75 Å². The molecule has 0 spiro atoms. The Morgan fingerprint density at radius 2 is 2.14 bits per heavy atom. The Balaban J connectivity index is 1.95. The van der Waals surface area contributed by atoms with Crippen LogP contribution in [0.15, 0.2) is 23.7 Å². The summed E-state index contributed by atoms with van der Waals surface area (Å²) in [7, 11) is 1.52. The van der Waals surface area contributed by atoms with Crippen LogP contribution in [0, 0.1) is 6.92 Å². The second-order valence-electron chi connectivity index (χ2n) is 4.42. The summed E-state index contributed by atoms with van der Waals surface area (Å²) >= 11 is 1.23. The molecule has 0 aliphatic carbocycles. The summed E-state index contributed by atoms with van der Waals surface area (Å²) < 4.78 is 5.18. The number of aryl methyl sites for hydroxylation is 1. The Morgan fingerprint density at radius 1 is 1.33 bits per heavy atom. The Labute approximate surface area is 126 Å². The summed E-state index contributed by atoms with van der Waals surface area (Å²) in [6, 6.07) is 5.39. The predicted molar refractivity (Wildman–Crippen MR) is 79.8 cm³/mol. The van der Waals surface area contributed by atoms with Gasteiger partial charge in [0.2, 0.25) is 11.0 Å². The molecule has 21 heavy (non-hydrogen) atoms. The minimum Gasteiger partial charge on any atom is -0.496 e. The van der Waals surface area contributed by atoms with Gasteiger partial charge in [-0.3, -0.25) is 9.59 Å². The number of methoxy groups -OCH3 is 1. The fourth-order valence-corrected chi connectivity index (χ4v) is 2.27. The second-order valence-corrected chi connectivity index (χ2v) is 5.25. The van der Waals surface area contributed by atoms with E-state index in [4.69, 9.17) is 4.74 Å². The lowest BCUT2D eigenvalue weighted by atomic mass is 10.0. The largest absolute Gasteiger partial charge is 0.496 e. The van der Waals surface area contributed by atoms with E-state index < -0.39 is 0 Å². The number of anilines is 1. The van der Waals surface area contributed by atoms with E-state index in [1.165, 1.54) is 24.0 Å². The first-order valence-electron chi connectivity index (χ1n) is 6.34. The summed E-state index contributed by atoms with van der Waals surface area (Å²) in [6.07, 6.45) is 0.208. The van der Waals surface area contributed by atoms with Gasteiger partial charge in [-0.25, -0.2) is 0 Å². The molecule has 0 aliphatic heterocycles. The lowest BCUT2D eigenvalue weighted by Gasteiger charge is -2.08. The molecule has 0 unspecified atom stereocenters. The van der Waals surface area contributed by atoms with Crippen molar-refractivity contribution in [3.05, 3.63) is 34.8 Å². The van der Waals surface area contributed by atoms with Gasteiger partial charge in [-0.2, -0.15) is 0 Å². The number of hydrogen-bond donors (Lipinski definition) is 1. The third-order valence-electron chi connectivity index (χ3n) is 2.84. The van der Waals surface area contributed by atoms with Crippen LogP contribution in [0.25, 0.3) is 0 Å². The standard InChI is InChI=1S/C14H15N3O3S/c1-9-3-5-12(20-2)10(7-9)11(18)4-6-13(19)16-14-17-15-8-21-14/h3,5,7-8H,4,6H2,1-2H3,(H,16,17,19). The number of hydrogen-bond acceptors (Lipinski definition) is 6. The molecule has 1 aromatic heterocycles. The highest BCUT2D eigenvalue weighted by molar-refractivity contribution is 7.13. The van der Waals surface area contributed by atoms with Crippen LogP contribution < -0.4 is 10.1 Å². The fourth-order valence-electron chi connectivity index (χ4n) is 1.81. The Morgan fingerprint density at radius 3 is 2.81 bits per heavy atom. The van der Waals surface area contributed by atoms with Crippen molar-refractivity contribution in [3.63, 3.8) is 0 Å². The number of ether oxygens (including phenoxy) is 1. The number of Topliss-reactive ketones (excluding diaryl/α,β-unsaturated/α-hetero) is 1. The molecule has 0 bridgehead atoms. The van der Waals surface area contributed by atoms with Gasteiger partial charge in [0, 0.05) is 12.8 Å². The number of benzene rings is 1. The molecule has 1 aromatic carbocycles. The van der Waals surface area contributed by atoms with Crippen LogP contribution in [-0.2, 0) is 4.79 Å². The maximum atomic E-state index is 12.2. The average molecular weight is 305 g/mol. The van der Waals surface area contributed by atoms with E-state index in [0.717, 1.165) is 5.56 Å². The molecule has 1 amide bonds. The van der Waals surface area contributed by atoms with Gasteiger partial charge in [0.05, 0.1) is 12.7 Å². The summed E-state index contributed by atoms with van der Waals surface area (Å²) in [5, 5.41) is 10.4. The van der Waals surface area contributed by atoms with Crippen LogP contribution in [0.1, 0.15) is 28.8 Å². The van der Waals surface area contributed by atoms with E-state index >= 15 is 0 Å². The number of nitrogens with zero attached hydrogens (tertiary/aromatic N) is 2. The number of amides is 1. The zero-order valence-electron chi connectivity index (χ0n) is 11.8. The van der Waals surface area contributed by atoms with E-state index in [-0.39, 0.29) is 24.5 Å². The summed E-state index contributed by atoms with van der Waals surface area (Å²) in [6.45, 7) is 1.90. The summed E-state index contributed by atoms with van der Waals surface area (Å²) in [5.74, 6) is 0.143. The highest BCUT2D eigenvalue weighted by Gasteiger charge is 2.14. The smallest absolute Gasteiger partial charge is 0.226 e. The van der Waals surface area contributed by atoms with Gasteiger partial charge in [-0.05, 0) is 19.1 Å². The molecule has 1 N–H and O–H groups in total. The van der Waals surface area contributed by atoms with E-state index in [9.17, 15) is 9.59 Å². The average Bonchev–Trinajstić information content (AvgIpc) is 2.97. The van der Waals surface area contributed by atoms with Gasteiger partial charge in [-0.15, -0.1) is 10.2 Å². The first-order chi connectivity index (χ1) is 10.1. The normalized spacial score (nSPS) is 10.2. The molecule has 6 nitrogen and oxygen atoms in total. The van der Waals surface area contributed by atoms with Crippen LogP contribution >= 0.6 is 11.3 Å². The van der Waals surface area contributed by atoms with E-state index in [1.807, 2.05) is 13.0 Å². The van der Waals surface area contributed by atoms with Gasteiger partial charge in [-0.1, -0.05) is 23.0 Å². The molecule has 110 valence electrons. The number of aromatic nitrogens is 2. The van der Waals surface area contributed by atoms with Crippen molar-refractivity contribution >= 4 is 28.2 Å². The second kappa shape index (κ2) is 6.94. The number of carbonyl (C=O) groups is 2. The maximum absolute atomic E-state index is 12.2. The molecule has 7 heteroatoms. The van der Waals surface area contributed by atoms with Gasteiger partial charge >= 0.3 is 0 Å². The molecule has 0 saturated carbocycles. The van der Waals surface area contributed by atoms with Crippen molar-refractivity contribution in [2.75, 3.05) is 12.4 Å². The third kappa shape index (κ3) is 4.09. The zero-order chi connectivity index (χ0) is 15.2.